The van der Waals surface area contributed by atoms with Crippen LogP contribution in [0.1, 0.15) is 12.8 Å². The van der Waals surface area contributed by atoms with Crippen molar-refractivity contribution in [3.8, 4) is 0 Å². The Hall–Kier alpha value is -1.71. The Morgan fingerprint density at radius 1 is 1.38 bits per heavy atom. The predicted molar refractivity (Wildman–Crippen MR) is 93.6 cm³/mol. The number of nitrogens with zero attached hydrogens (tertiary/aromatic N) is 3. The van der Waals surface area contributed by atoms with Gasteiger partial charge in [0.1, 0.15) is 0 Å². The summed E-state index contributed by atoms with van der Waals surface area (Å²) in [6.07, 6.45) is 2.53. The van der Waals surface area contributed by atoms with E-state index in [1.807, 2.05) is 35.9 Å². The van der Waals surface area contributed by atoms with E-state index in [2.05, 4.69) is 10.5 Å². The highest BCUT2D eigenvalue weighted by Crippen LogP contribution is 2.19. The highest BCUT2D eigenvalue weighted by molar-refractivity contribution is 7.88. The summed E-state index contributed by atoms with van der Waals surface area (Å²) in [4.78, 5) is 13.0. The van der Waals surface area contributed by atoms with Gasteiger partial charge in [0.2, 0.25) is 20.7 Å². The molecular formula is C15H20N4O3S2. The quantitative estimate of drug-likeness (QED) is 0.815. The van der Waals surface area contributed by atoms with E-state index >= 15 is 0 Å². The van der Waals surface area contributed by atoms with Crippen molar-refractivity contribution in [2.75, 3.05) is 19.3 Å². The number of carbonyl (C=O) groups is 1. The van der Waals surface area contributed by atoms with Crippen molar-refractivity contribution in [2.24, 2.45) is 18.1 Å². The molecule has 1 N–H and O–H groups in total. The molecule has 1 aliphatic heterocycles. The van der Waals surface area contributed by atoms with Crippen molar-refractivity contribution in [2.45, 2.75) is 12.8 Å². The molecule has 130 valence electrons. The normalized spacial score (nSPS) is 20.4. The summed E-state index contributed by atoms with van der Waals surface area (Å²) >= 11 is 1.49. The van der Waals surface area contributed by atoms with Gasteiger partial charge in [0.05, 0.1) is 22.4 Å². The lowest BCUT2D eigenvalue weighted by Gasteiger charge is -2.29. The number of thiazole rings is 1. The number of hydrogen-bond donors (Lipinski definition) is 1. The van der Waals surface area contributed by atoms with Crippen LogP contribution in [0.2, 0.25) is 0 Å². The largest absolute Gasteiger partial charge is 0.318 e. The molecule has 1 aromatic carbocycles. The molecule has 7 nitrogen and oxygen atoms in total. The molecule has 1 atom stereocenters. The fraction of sp³-hybridized carbons (Fsp3) is 0.467. The van der Waals surface area contributed by atoms with E-state index in [9.17, 15) is 13.2 Å². The Morgan fingerprint density at radius 3 is 2.83 bits per heavy atom. The smallest absolute Gasteiger partial charge is 0.244 e. The highest BCUT2D eigenvalue weighted by Gasteiger charge is 2.30. The van der Waals surface area contributed by atoms with Crippen LogP contribution in [0.15, 0.2) is 29.4 Å². The third-order valence-electron chi connectivity index (χ3n) is 4.20. The molecule has 1 fully saturated rings. The molecule has 1 unspecified atom stereocenters. The summed E-state index contributed by atoms with van der Waals surface area (Å²) in [7, 11) is -1.36. The number of nitrogens with one attached hydrogen (secondary N) is 1. The summed E-state index contributed by atoms with van der Waals surface area (Å²) in [5.41, 5.74) is 3.65. The molecule has 0 saturated carbocycles. The molecule has 0 aliphatic carbocycles. The van der Waals surface area contributed by atoms with Crippen molar-refractivity contribution < 1.29 is 13.2 Å². The molecule has 2 aromatic rings. The molecule has 1 saturated heterocycles. The first-order chi connectivity index (χ1) is 11.4. The van der Waals surface area contributed by atoms with Crippen LogP contribution in [0, 0.1) is 5.92 Å². The first-order valence-corrected chi connectivity index (χ1v) is 10.4. The zero-order chi connectivity index (χ0) is 17.3. The van der Waals surface area contributed by atoms with Crippen molar-refractivity contribution in [3.05, 3.63) is 29.1 Å². The number of amides is 1. The van der Waals surface area contributed by atoms with E-state index in [1.54, 1.807) is 0 Å². The topological polar surface area (TPSA) is 83.8 Å². The van der Waals surface area contributed by atoms with Crippen LogP contribution in [-0.4, -0.2) is 42.5 Å². The molecule has 0 spiro atoms. The Kier molecular flexibility index (Phi) is 4.75. The minimum absolute atomic E-state index is 0.221. The Bertz CT molecular complexity index is 930. The molecule has 9 heteroatoms. The molecule has 0 bridgehead atoms. The highest BCUT2D eigenvalue weighted by atomic mass is 32.2. The second kappa shape index (κ2) is 6.66. The van der Waals surface area contributed by atoms with Crippen LogP contribution >= 0.6 is 11.3 Å². The number of aryl methyl sites for hydroxylation is 1. The SMILES string of the molecule is Cn1/c(=N\NC(=O)C2CCCN(S(C)(=O)=O)C2)sc2ccccc21. The van der Waals surface area contributed by atoms with E-state index in [4.69, 9.17) is 0 Å². The fourth-order valence-corrected chi connectivity index (χ4v) is 4.73. The van der Waals surface area contributed by atoms with Crippen molar-refractivity contribution >= 4 is 37.5 Å². The van der Waals surface area contributed by atoms with Crippen LogP contribution < -0.4 is 10.2 Å². The Balaban J connectivity index is 1.75. The number of benzene rings is 1. The van der Waals surface area contributed by atoms with Crippen molar-refractivity contribution in [1.82, 2.24) is 14.3 Å². The number of sulfonamides is 1. The lowest BCUT2D eigenvalue weighted by molar-refractivity contribution is -0.126. The molecule has 2 heterocycles. The Morgan fingerprint density at radius 2 is 2.12 bits per heavy atom. The first-order valence-electron chi connectivity index (χ1n) is 7.69. The van der Waals surface area contributed by atoms with E-state index in [0.717, 1.165) is 10.2 Å². The molecule has 3 rings (SSSR count). The second-order valence-electron chi connectivity index (χ2n) is 5.96. The zero-order valence-corrected chi connectivity index (χ0v) is 15.2. The van der Waals surface area contributed by atoms with Gasteiger partial charge < -0.3 is 4.57 Å². The third kappa shape index (κ3) is 3.52. The maximum Gasteiger partial charge on any atom is 0.244 e. The van der Waals surface area contributed by atoms with Gasteiger partial charge in [-0.05, 0) is 25.0 Å². The molecule has 1 aromatic heterocycles. The number of piperidine rings is 1. The fourth-order valence-electron chi connectivity index (χ4n) is 2.84. The van der Waals surface area contributed by atoms with Gasteiger partial charge in [0, 0.05) is 20.1 Å². The summed E-state index contributed by atoms with van der Waals surface area (Å²) < 4.78 is 27.7. The minimum atomic E-state index is -3.26. The maximum atomic E-state index is 12.3. The van der Waals surface area contributed by atoms with Crippen LogP contribution in [0.25, 0.3) is 10.2 Å². The zero-order valence-electron chi connectivity index (χ0n) is 13.6. The first kappa shape index (κ1) is 17.1. The molecule has 0 radical (unpaired) electrons. The van der Waals surface area contributed by atoms with E-state index in [-0.39, 0.29) is 18.4 Å². The second-order valence-corrected chi connectivity index (χ2v) is 8.95. The van der Waals surface area contributed by atoms with Gasteiger partial charge >= 0.3 is 0 Å². The maximum absolute atomic E-state index is 12.3. The lowest BCUT2D eigenvalue weighted by Crippen LogP contribution is -2.44. The average Bonchev–Trinajstić information content (AvgIpc) is 2.88. The van der Waals surface area contributed by atoms with Gasteiger partial charge in [-0.15, -0.1) is 5.10 Å². The predicted octanol–water partition coefficient (Wildman–Crippen LogP) is 0.843. The summed E-state index contributed by atoms with van der Waals surface area (Å²) in [5.74, 6) is -0.599. The van der Waals surface area contributed by atoms with E-state index in [0.29, 0.717) is 24.2 Å². The number of rotatable bonds is 3. The number of fused-ring (bicyclic) bond motifs is 1. The third-order valence-corrected chi connectivity index (χ3v) is 6.58. The number of carbonyl (C=O) groups excluding carboxylic acids is 1. The molecule has 1 amide bonds. The number of para-hydroxylation sites is 1. The van der Waals surface area contributed by atoms with E-state index in [1.165, 1.54) is 21.9 Å². The molecule has 1 aliphatic rings. The lowest BCUT2D eigenvalue weighted by atomic mass is 9.99. The minimum Gasteiger partial charge on any atom is -0.318 e. The van der Waals surface area contributed by atoms with Gasteiger partial charge in [0.15, 0.2) is 0 Å². The van der Waals surface area contributed by atoms with Gasteiger partial charge in [0.25, 0.3) is 0 Å². The summed E-state index contributed by atoms with van der Waals surface area (Å²) in [6, 6.07) is 7.92. The van der Waals surface area contributed by atoms with Crippen LogP contribution in [-0.2, 0) is 21.9 Å². The number of hydrogen-bond acceptors (Lipinski definition) is 5. The van der Waals surface area contributed by atoms with Crippen molar-refractivity contribution in [1.29, 1.82) is 0 Å². The standard InChI is InChI=1S/C15H20N4O3S2/c1-18-12-7-3-4-8-13(12)23-15(18)17-16-14(20)11-6-5-9-19(10-11)24(2,21)22/h3-4,7-8,11H,5-6,9-10H2,1-2H3,(H,16,20)/b17-15+. The van der Waals surface area contributed by atoms with Gasteiger partial charge in [-0.2, -0.15) is 0 Å². The summed E-state index contributed by atoms with van der Waals surface area (Å²) in [6.45, 7) is 0.698. The summed E-state index contributed by atoms with van der Waals surface area (Å²) in [5, 5.41) is 4.22. The van der Waals surface area contributed by atoms with Crippen LogP contribution in [0.3, 0.4) is 0 Å². The van der Waals surface area contributed by atoms with Gasteiger partial charge in [-0.25, -0.2) is 18.1 Å². The molecular weight excluding hydrogens is 348 g/mol. The molecule has 24 heavy (non-hydrogen) atoms. The van der Waals surface area contributed by atoms with Gasteiger partial charge in [-0.3, -0.25) is 4.79 Å². The van der Waals surface area contributed by atoms with Crippen LogP contribution in [0.5, 0.6) is 0 Å². The number of aromatic nitrogens is 1. The van der Waals surface area contributed by atoms with Crippen molar-refractivity contribution in [3.63, 3.8) is 0 Å². The Labute approximate surface area is 144 Å². The van der Waals surface area contributed by atoms with Gasteiger partial charge in [-0.1, -0.05) is 23.5 Å². The van der Waals surface area contributed by atoms with Crippen LogP contribution in [0.4, 0.5) is 0 Å². The monoisotopic (exact) mass is 368 g/mol. The van der Waals surface area contributed by atoms with E-state index < -0.39 is 10.0 Å². The average molecular weight is 368 g/mol.